The van der Waals surface area contributed by atoms with Crippen molar-refractivity contribution in [3.63, 3.8) is 0 Å². The summed E-state index contributed by atoms with van der Waals surface area (Å²) in [5.41, 5.74) is 3.37. The number of fused-ring (bicyclic) bond motifs is 1. The number of carbonyl (C=O) groups excluding carboxylic acids is 2. The number of aryl methyl sites for hydroxylation is 1. The highest BCUT2D eigenvalue weighted by molar-refractivity contribution is 6.41. The van der Waals surface area contributed by atoms with Gasteiger partial charge in [-0.25, -0.2) is 0 Å². The van der Waals surface area contributed by atoms with Crippen LogP contribution in [0.3, 0.4) is 0 Å². The summed E-state index contributed by atoms with van der Waals surface area (Å²) >= 11 is 12.6. The van der Waals surface area contributed by atoms with Crippen molar-refractivity contribution < 1.29 is 14.3 Å². The maximum absolute atomic E-state index is 13.5. The van der Waals surface area contributed by atoms with E-state index in [0.717, 1.165) is 24.1 Å². The van der Waals surface area contributed by atoms with Crippen molar-refractivity contribution in [3.05, 3.63) is 69.3 Å². The lowest BCUT2D eigenvalue weighted by Crippen LogP contribution is -2.37. The van der Waals surface area contributed by atoms with Crippen LogP contribution in [-0.4, -0.2) is 43.0 Å². The van der Waals surface area contributed by atoms with E-state index in [-0.39, 0.29) is 11.8 Å². The van der Waals surface area contributed by atoms with E-state index in [1.807, 2.05) is 30.0 Å². The van der Waals surface area contributed by atoms with E-state index >= 15 is 0 Å². The standard InChI is InChI=1S/C24H24Cl2N2O3/c1-2-31-14-6-13-28-23(29)21(18-11-10-17(25)15-19(18)26)22(24(28)30)27-12-5-8-16-7-3-4-9-20(16)27/h3-4,7,9-11,15H,2,5-6,8,12-14H2,1H3. The molecule has 2 heterocycles. The van der Waals surface area contributed by atoms with Crippen molar-refractivity contribution in [2.24, 2.45) is 0 Å². The molecule has 162 valence electrons. The van der Waals surface area contributed by atoms with Gasteiger partial charge in [0.05, 0.1) is 10.6 Å². The van der Waals surface area contributed by atoms with Gasteiger partial charge in [-0.3, -0.25) is 14.5 Å². The number of nitrogens with zero attached hydrogens (tertiary/aromatic N) is 2. The Hall–Kier alpha value is -2.34. The Morgan fingerprint density at radius 2 is 1.87 bits per heavy atom. The summed E-state index contributed by atoms with van der Waals surface area (Å²) in [6.07, 6.45) is 2.42. The lowest BCUT2D eigenvalue weighted by atomic mass is 9.98. The summed E-state index contributed by atoms with van der Waals surface area (Å²) in [7, 11) is 0. The second-order valence-electron chi connectivity index (χ2n) is 7.54. The molecule has 0 unspecified atom stereocenters. The molecule has 0 radical (unpaired) electrons. The van der Waals surface area contributed by atoms with E-state index in [9.17, 15) is 9.59 Å². The fourth-order valence-electron chi connectivity index (χ4n) is 4.19. The van der Waals surface area contributed by atoms with Gasteiger partial charge in [0.1, 0.15) is 5.70 Å². The number of imide groups is 1. The number of hydrogen-bond acceptors (Lipinski definition) is 4. The molecule has 0 aliphatic carbocycles. The van der Waals surface area contributed by atoms with Gasteiger partial charge in [0, 0.05) is 42.6 Å². The predicted molar refractivity (Wildman–Crippen MR) is 123 cm³/mol. The number of hydrogen-bond donors (Lipinski definition) is 0. The van der Waals surface area contributed by atoms with Gasteiger partial charge in [0.2, 0.25) is 0 Å². The van der Waals surface area contributed by atoms with Crippen LogP contribution in [0, 0.1) is 0 Å². The Balaban J connectivity index is 1.80. The lowest BCUT2D eigenvalue weighted by molar-refractivity contribution is -0.137. The summed E-state index contributed by atoms with van der Waals surface area (Å²) in [5.74, 6) is -0.622. The summed E-state index contributed by atoms with van der Waals surface area (Å²) in [5, 5.41) is 0.826. The van der Waals surface area contributed by atoms with Crippen molar-refractivity contribution in [1.82, 2.24) is 4.90 Å². The average Bonchev–Trinajstić information content (AvgIpc) is 3.00. The van der Waals surface area contributed by atoms with Gasteiger partial charge in [0.25, 0.3) is 11.8 Å². The minimum Gasteiger partial charge on any atom is -0.382 e. The highest BCUT2D eigenvalue weighted by atomic mass is 35.5. The van der Waals surface area contributed by atoms with E-state index in [2.05, 4.69) is 6.07 Å². The molecule has 4 rings (SSSR count). The zero-order chi connectivity index (χ0) is 22.0. The maximum Gasteiger partial charge on any atom is 0.278 e. The van der Waals surface area contributed by atoms with Crippen LogP contribution in [-0.2, 0) is 20.7 Å². The molecule has 2 aliphatic rings. The van der Waals surface area contributed by atoms with Gasteiger partial charge in [-0.1, -0.05) is 47.5 Å². The maximum atomic E-state index is 13.5. The van der Waals surface area contributed by atoms with Gasteiger partial charge in [0.15, 0.2) is 0 Å². The van der Waals surface area contributed by atoms with Gasteiger partial charge >= 0.3 is 0 Å². The van der Waals surface area contributed by atoms with Crippen molar-refractivity contribution >= 4 is 46.3 Å². The van der Waals surface area contributed by atoms with Crippen LogP contribution < -0.4 is 4.90 Å². The molecule has 0 N–H and O–H groups in total. The molecule has 31 heavy (non-hydrogen) atoms. The van der Waals surface area contributed by atoms with Crippen molar-refractivity contribution in [1.29, 1.82) is 0 Å². The fraction of sp³-hybridized carbons (Fsp3) is 0.333. The number of rotatable bonds is 7. The zero-order valence-corrected chi connectivity index (χ0v) is 18.9. The number of ether oxygens (including phenoxy) is 1. The normalized spacial score (nSPS) is 16.4. The Bertz CT molecular complexity index is 1050. The minimum absolute atomic E-state index is 0.292. The minimum atomic E-state index is -0.330. The van der Waals surface area contributed by atoms with Crippen molar-refractivity contribution in [2.75, 3.05) is 31.2 Å². The number of halogens is 2. The number of amides is 2. The van der Waals surface area contributed by atoms with Crippen LogP contribution >= 0.6 is 23.2 Å². The van der Waals surface area contributed by atoms with E-state index < -0.39 is 0 Å². The first-order chi connectivity index (χ1) is 15.0. The van der Waals surface area contributed by atoms with Crippen LogP contribution in [0.15, 0.2) is 48.2 Å². The number of carbonyl (C=O) groups is 2. The Morgan fingerprint density at radius 3 is 2.65 bits per heavy atom. The first-order valence-corrected chi connectivity index (χ1v) is 11.3. The molecule has 7 heteroatoms. The Labute approximate surface area is 192 Å². The first-order valence-electron chi connectivity index (χ1n) is 10.5. The lowest BCUT2D eigenvalue weighted by Gasteiger charge is -2.32. The zero-order valence-electron chi connectivity index (χ0n) is 17.4. The third-order valence-corrected chi connectivity index (χ3v) is 6.15. The van der Waals surface area contributed by atoms with Crippen molar-refractivity contribution in [3.8, 4) is 0 Å². The molecule has 0 saturated heterocycles. The fourth-order valence-corrected chi connectivity index (χ4v) is 4.69. The average molecular weight is 459 g/mol. The third-order valence-electron chi connectivity index (χ3n) is 5.60. The van der Waals surface area contributed by atoms with E-state index in [1.54, 1.807) is 18.2 Å². The second kappa shape index (κ2) is 9.43. The Morgan fingerprint density at radius 1 is 1.06 bits per heavy atom. The molecular formula is C24H24Cl2N2O3. The molecule has 2 aliphatic heterocycles. The molecule has 2 amide bonds. The van der Waals surface area contributed by atoms with E-state index in [4.69, 9.17) is 27.9 Å². The SMILES string of the molecule is CCOCCCN1C(=O)C(c2ccc(Cl)cc2Cl)=C(N2CCCc3ccccc32)C1=O. The van der Waals surface area contributed by atoms with Gasteiger partial charge in [-0.2, -0.15) is 0 Å². The second-order valence-corrected chi connectivity index (χ2v) is 8.39. The van der Waals surface area contributed by atoms with Crippen molar-refractivity contribution in [2.45, 2.75) is 26.2 Å². The summed E-state index contributed by atoms with van der Waals surface area (Å²) in [4.78, 5) is 30.3. The summed E-state index contributed by atoms with van der Waals surface area (Å²) in [6, 6.07) is 13.0. The molecule has 0 fully saturated rings. The van der Waals surface area contributed by atoms with Gasteiger partial charge in [-0.05, 0) is 49.9 Å². The quantitative estimate of drug-likeness (QED) is 0.434. The van der Waals surface area contributed by atoms with E-state index in [0.29, 0.717) is 59.6 Å². The molecule has 0 atom stereocenters. The van der Waals surface area contributed by atoms with Crippen LogP contribution in [0.1, 0.15) is 30.9 Å². The molecule has 0 aromatic heterocycles. The topological polar surface area (TPSA) is 49.9 Å². The monoisotopic (exact) mass is 458 g/mol. The summed E-state index contributed by atoms with van der Waals surface area (Å²) in [6.45, 7) is 3.96. The van der Waals surface area contributed by atoms with Gasteiger partial charge in [-0.15, -0.1) is 0 Å². The third kappa shape index (κ3) is 4.22. The summed E-state index contributed by atoms with van der Waals surface area (Å²) < 4.78 is 5.39. The molecule has 0 spiro atoms. The van der Waals surface area contributed by atoms with Crippen LogP contribution in [0.5, 0.6) is 0 Å². The van der Waals surface area contributed by atoms with Crippen LogP contribution in [0.4, 0.5) is 5.69 Å². The number of benzene rings is 2. The number of anilines is 1. The molecule has 2 aromatic carbocycles. The highest BCUT2D eigenvalue weighted by Crippen LogP contribution is 2.40. The highest BCUT2D eigenvalue weighted by Gasteiger charge is 2.43. The first kappa shape index (κ1) is 21.9. The number of para-hydroxylation sites is 1. The van der Waals surface area contributed by atoms with Crippen LogP contribution in [0.25, 0.3) is 5.57 Å². The largest absolute Gasteiger partial charge is 0.382 e. The van der Waals surface area contributed by atoms with Crippen LogP contribution in [0.2, 0.25) is 10.0 Å². The molecule has 0 bridgehead atoms. The molecule has 0 saturated carbocycles. The van der Waals surface area contributed by atoms with Gasteiger partial charge < -0.3 is 9.64 Å². The predicted octanol–water partition coefficient (Wildman–Crippen LogP) is 4.95. The molecular weight excluding hydrogens is 435 g/mol. The Kier molecular flexibility index (Phi) is 6.65. The smallest absolute Gasteiger partial charge is 0.278 e. The molecule has 2 aromatic rings. The van der Waals surface area contributed by atoms with E-state index in [1.165, 1.54) is 4.90 Å². The molecule has 5 nitrogen and oxygen atoms in total.